The Morgan fingerprint density at radius 3 is 2.58 bits per heavy atom. The van der Waals surface area contributed by atoms with Crippen molar-refractivity contribution in [3.8, 4) is 0 Å². The highest BCUT2D eigenvalue weighted by Gasteiger charge is 2.21. The van der Waals surface area contributed by atoms with Crippen LogP contribution in [0, 0.1) is 0 Å². The third kappa shape index (κ3) is 2.81. The van der Waals surface area contributed by atoms with E-state index in [0.717, 1.165) is 25.0 Å². The Bertz CT molecular complexity index is 164. The number of nitrogens with zero attached hydrogens (tertiary/aromatic N) is 1. The van der Waals surface area contributed by atoms with Gasteiger partial charge in [-0.15, -0.1) is 0 Å². The summed E-state index contributed by atoms with van der Waals surface area (Å²) in [4.78, 5) is 0. The van der Waals surface area contributed by atoms with Crippen molar-refractivity contribution in [2.24, 2.45) is 5.10 Å². The van der Waals surface area contributed by atoms with Gasteiger partial charge < -0.3 is 10.5 Å². The molecule has 0 heterocycles. The van der Waals surface area contributed by atoms with Crippen LogP contribution >= 0.6 is 0 Å². The molecule has 70 valence electrons. The smallest absolute Gasteiger partial charge is 0.0757 e. The van der Waals surface area contributed by atoms with E-state index in [1.807, 2.05) is 13.8 Å². The molecule has 1 aliphatic rings. The third-order valence-corrected chi connectivity index (χ3v) is 2.18. The Morgan fingerprint density at radius 1 is 1.33 bits per heavy atom. The van der Waals surface area contributed by atoms with Gasteiger partial charge in [-0.1, -0.05) is 12.8 Å². The maximum Gasteiger partial charge on any atom is 0.0757 e. The van der Waals surface area contributed by atoms with E-state index in [9.17, 15) is 5.11 Å². The van der Waals surface area contributed by atoms with Crippen molar-refractivity contribution in [3.05, 3.63) is 0 Å². The zero-order valence-corrected chi connectivity index (χ0v) is 7.88. The first kappa shape index (κ1) is 9.52. The van der Waals surface area contributed by atoms with E-state index in [2.05, 4.69) is 10.5 Å². The monoisotopic (exact) mass is 170 g/mol. The lowest BCUT2D eigenvalue weighted by Crippen LogP contribution is -2.39. The van der Waals surface area contributed by atoms with Crippen molar-refractivity contribution in [3.63, 3.8) is 0 Å². The minimum atomic E-state index is -0.207. The van der Waals surface area contributed by atoms with E-state index in [1.165, 1.54) is 6.42 Å². The third-order valence-electron chi connectivity index (χ3n) is 2.18. The van der Waals surface area contributed by atoms with Gasteiger partial charge in [-0.2, -0.15) is 5.10 Å². The highest BCUT2D eigenvalue weighted by Crippen LogP contribution is 2.18. The summed E-state index contributed by atoms with van der Waals surface area (Å²) in [5, 5.41) is 13.7. The van der Waals surface area contributed by atoms with E-state index in [-0.39, 0.29) is 12.1 Å². The summed E-state index contributed by atoms with van der Waals surface area (Å²) < 4.78 is 0. The van der Waals surface area contributed by atoms with E-state index in [0.29, 0.717) is 0 Å². The highest BCUT2D eigenvalue weighted by molar-refractivity contribution is 5.78. The second-order valence-electron chi connectivity index (χ2n) is 3.65. The number of nitrogens with one attached hydrogen (secondary N) is 1. The van der Waals surface area contributed by atoms with Gasteiger partial charge in [-0.25, -0.2) is 0 Å². The zero-order chi connectivity index (χ0) is 8.97. The van der Waals surface area contributed by atoms with Gasteiger partial charge in [0.25, 0.3) is 0 Å². The van der Waals surface area contributed by atoms with Crippen LogP contribution < -0.4 is 5.43 Å². The van der Waals surface area contributed by atoms with Crippen LogP contribution in [0.2, 0.25) is 0 Å². The molecule has 0 bridgehead atoms. The Morgan fingerprint density at radius 2 is 2.00 bits per heavy atom. The molecule has 0 unspecified atom stereocenters. The molecule has 0 aromatic rings. The van der Waals surface area contributed by atoms with Crippen LogP contribution in [-0.2, 0) is 0 Å². The fourth-order valence-corrected chi connectivity index (χ4v) is 1.47. The molecule has 0 aromatic carbocycles. The molecule has 2 atom stereocenters. The number of rotatable bonds is 2. The lowest BCUT2D eigenvalue weighted by atomic mass is 9.93. The molecule has 3 nitrogen and oxygen atoms in total. The van der Waals surface area contributed by atoms with Crippen LogP contribution in [-0.4, -0.2) is 23.0 Å². The van der Waals surface area contributed by atoms with Crippen molar-refractivity contribution in [2.45, 2.75) is 51.7 Å². The van der Waals surface area contributed by atoms with Crippen LogP contribution in [0.15, 0.2) is 5.10 Å². The summed E-state index contributed by atoms with van der Waals surface area (Å²) in [5.41, 5.74) is 4.02. The molecule has 0 aromatic heterocycles. The molecule has 1 fully saturated rings. The van der Waals surface area contributed by atoms with E-state index < -0.39 is 0 Å². The van der Waals surface area contributed by atoms with E-state index in [4.69, 9.17) is 0 Å². The van der Waals surface area contributed by atoms with Gasteiger partial charge in [0.1, 0.15) is 0 Å². The molecule has 0 aliphatic heterocycles. The molecule has 0 radical (unpaired) electrons. The first-order valence-electron chi connectivity index (χ1n) is 4.64. The molecular formula is C9H18N2O. The van der Waals surface area contributed by atoms with Crippen LogP contribution in [0.3, 0.4) is 0 Å². The average molecular weight is 170 g/mol. The Hall–Kier alpha value is -0.570. The Labute approximate surface area is 73.9 Å². The summed E-state index contributed by atoms with van der Waals surface area (Å²) in [7, 11) is 0. The number of hydrogen-bond donors (Lipinski definition) is 2. The van der Waals surface area contributed by atoms with E-state index in [1.54, 1.807) is 0 Å². The molecule has 1 saturated carbocycles. The van der Waals surface area contributed by atoms with Gasteiger partial charge in [0, 0.05) is 5.71 Å². The van der Waals surface area contributed by atoms with Crippen LogP contribution in [0.1, 0.15) is 39.5 Å². The minimum absolute atomic E-state index is 0.175. The predicted octanol–water partition coefficient (Wildman–Crippen LogP) is 1.28. The quantitative estimate of drug-likeness (QED) is 0.484. The van der Waals surface area contributed by atoms with Crippen LogP contribution in [0.5, 0.6) is 0 Å². The lowest BCUT2D eigenvalue weighted by molar-refractivity contribution is 0.0917. The predicted molar refractivity (Wildman–Crippen MR) is 50.2 cm³/mol. The lowest BCUT2D eigenvalue weighted by Gasteiger charge is -2.27. The normalized spacial score (nSPS) is 29.6. The van der Waals surface area contributed by atoms with Gasteiger partial charge >= 0.3 is 0 Å². The van der Waals surface area contributed by atoms with Crippen molar-refractivity contribution in [1.82, 2.24) is 5.43 Å². The standard InChI is InChI=1S/C9H18N2O/c1-7(2)10-11-8-5-3-4-6-9(8)12/h8-9,11-12H,3-6H2,1-2H3/t8-,9+/m0/s1. The molecule has 12 heavy (non-hydrogen) atoms. The Kier molecular flexibility index (Phi) is 3.53. The van der Waals surface area contributed by atoms with Gasteiger partial charge in [0.15, 0.2) is 0 Å². The number of aliphatic hydroxyl groups excluding tert-OH is 1. The minimum Gasteiger partial charge on any atom is -0.391 e. The molecule has 0 spiro atoms. The molecule has 0 saturated heterocycles. The summed E-state index contributed by atoms with van der Waals surface area (Å²) in [6, 6.07) is 0.175. The van der Waals surface area contributed by atoms with Gasteiger partial charge in [-0.05, 0) is 26.7 Å². The molecular weight excluding hydrogens is 152 g/mol. The van der Waals surface area contributed by atoms with Crippen LogP contribution in [0.25, 0.3) is 0 Å². The first-order chi connectivity index (χ1) is 5.70. The summed E-state index contributed by atoms with van der Waals surface area (Å²) in [5.74, 6) is 0. The van der Waals surface area contributed by atoms with Crippen molar-refractivity contribution in [1.29, 1.82) is 0 Å². The molecule has 2 N–H and O–H groups in total. The van der Waals surface area contributed by atoms with Gasteiger partial charge in [0.2, 0.25) is 0 Å². The highest BCUT2D eigenvalue weighted by atomic mass is 16.3. The molecule has 1 rings (SSSR count). The van der Waals surface area contributed by atoms with E-state index >= 15 is 0 Å². The number of aliphatic hydroxyl groups is 1. The molecule has 3 heteroatoms. The summed E-state index contributed by atoms with van der Waals surface area (Å²) in [6.07, 6.45) is 4.09. The number of hydrogen-bond acceptors (Lipinski definition) is 3. The van der Waals surface area contributed by atoms with Crippen LogP contribution in [0.4, 0.5) is 0 Å². The first-order valence-corrected chi connectivity index (χ1v) is 4.64. The average Bonchev–Trinajstić information content (AvgIpc) is 2.03. The topological polar surface area (TPSA) is 44.6 Å². The molecule has 0 amide bonds. The second kappa shape index (κ2) is 4.45. The maximum atomic E-state index is 9.55. The summed E-state index contributed by atoms with van der Waals surface area (Å²) in [6.45, 7) is 3.89. The number of hydrazone groups is 1. The van der Waals surface area contributed by atoms with Crippen molar-refractivity contribution in [2.75, 3.05) is 0 Å². The van der Waals surface area contributed by atoms with Crippen molar-refractivity contribution < 1.29 is 5.11 Å². The zero-order valence-electron chi connectivity index (χ0n) is 7.88. The second-order valence-corrected chi connectivity index (χ2v) is 3.65. The van der Waals surface area contributed by atoms with Gasteiger partial charge in [0.05, 0.1) is 12.1 Å². The summed E-state index contributed by atoms with van der Waals surface area (Å²) >= 11 is 0. The molecule has 1 aliphatic carbocycles. The fraction of sp³-hybridized carbons (Fsp3) is 0.889. The van der Waals surface area contributed by atoms with Gasteiger partial charge in [-0.3, -0.25) is 0 Å². The SMILES string of the molecule is CC(C)=NN[C@H]1CCCC[C@H]1O. The fourth-order valence-electron chi connectivity index (χ4n) is 1.47. The van der Waals surface area contributed by atoms with Crippen molar-refractivity contribution >= 4 is 5.71 Å². The maximum absolute atomic E-state index is 9.55. The largest absolute Gasteiger partial charge is 0.391 e. The Balaban J connectivity index is 2.34.